The highest BCUT2D eigenvalue weighted by molar-refractivity contribution is 6.09. The Hall–Kier alpha value is -3.95. The van der Waals surface area contributed by atoms with E-state index >= 15 is 0 Å². The quantitative estimate of drug-likeness (QED) is 0.193. The zero-order chi connectivity index (χ0) is 23.4. The molecule has 4 rings (SSSR count). The molecule has 3 aromatic rings. The van der Waals surface area contributed by atoms with E-state index in [-0.39, 0.29) is 17.6 Å². The maximum atomic E-state index is 13.2. The lowest BCUT2D eigenvalue weighted by Gasteiger charge is -2.18. The second-order valence-corrected chi connectivity index (χ2v) is 7.73. The highest BCUT2D eigenvalue weighted by atomic mass is 19.1. The first-order valence-corrected chi connectivity index (χ1v) is 10.6. The molecule has 1 aliphatic heterocycles. The van der Waals surface area contributed by atoms with Gasteiger partial charge < -0.3 is 25.7 Å². The highest BCUT2D eigenvalue weighted by Gasteiger charge is 2.27. The summed E-state index contributed by atoms with van der Waals surface area (Å²) in [6.07, 6.45) is 1.04. The number of amides is 2. The van der Waals surface area contributed by atoms with Crippen LogP contribution in [0.3, 0.4) is 0 Å². The summed E-state index contributed by atoms with van der Waals surface area (Å²) in [5, 5.41) is 15.8. The van der Waals surface area contributed by atoms with E-state index < -0.39 is 12.7 Å². The number of aromatic nitrogens is 2. The zero-order valence-electron chi connectivity index (χ0n) is 18.1. The number of amidine groups is 1. The van der Waals surface area contributed by atoms with Crippen LogP contribution in [0.25, 0.3) is 11.0 Å². The molecule has 2 heterocycles. The molecule has 0 saturated carbocycles. The van der Waals surface area contributed by atoms with Crippen LogP contribution >= 0.6 is 0 Å². The summed E-state index contributed by atoms with van der Waals surface area (Å²) in [5.74, 6) is 0.399. The molecule has 10 heteroatoms. The van der Waals surface area contributed by atoms with Crippen LogP contribution in [0.15, 0.2) is 36.4 Å². The molecule has 9 nitrogen and oxygen atoms in total. The molecule has 0 saturated heterocycles. The van der Waals surface area contributed by atoms with E-state index in [2.05, 4.69) is 25.9 Å². The van der Waals surface area contributed by atoms with Gasteiger partial charge in [0.2, 0.25) is 0 Å². The van der Waals surface area contributed by atoms with Crippen molar-refractivity contribution >= 4 is 28.7 Å². The third-order valence-corrected chi connectivity index (χ3v) is 5.55. The Morgan fingerprint density at radius 2 is 2.18 bits per heavy atom. The van der Waals surface area contributed by atoms with E-state index in [0.717, 1.165) is 11.1 Å². The Morgan fingerprint density at radius 3 is 2.97 bits per heavy atom. The van der Waals surface area contributed by atoms with Gasteiger partial charge in [-0.3, -0.25) is 15.0 Å². The molecule has 172 valence electrons. The zero-order valence-corrected chi connectivity index (χ0v) is 18.1. The van der Waals surface area contributed by atoms with E-state index in [1.165, 1.54) is 0 Å². The van der Waals surface area contributed by atoms with Crippen molar-refractivity contribution in [3.63, 3.8) is 0 Å². The number of hydrogen-bond donors (Lipinski definition) is 5. The number of benzene rings is 2. The van der Waals surface area contributed by atoms with Crippen LogP contribution in [-0.4, -0.2) is 47.9 Å². The largest absolute Gasteiger partial charge is 0.497 e. The highest BCUT2D eigenvalue weighted by Crippen LogP contribution is 2.25. The molecule has 0 unspecified atom stereocenters. The molecule has 1 aromatic heterocycles. The van der Waals surface area contributed by atoms with Crippen molar-refractivity contribution in [1.82, 2.24) is 25.9 Å². The van der Waals surface area contributed by atoms with Gasteiger partial charge in [-0.05, 0) is 36.6 Å². The average molecular weight is 452 g/mol. The minimum Gasteiger partial charge on any atom is -0.497 e. The molecular formula is C23H25FN6O3. The van der Waals surface area contributed by atoms with Crippen molar-refractivity contribution in [2.45, 2.75) is 25.4 Å². The summed E-state index contributed by atoms with van der Waals surface area (Å²) in [4.78, 5) is 33.3. The fraction of sp³-hybridized carbons (Fsp3) is 0.304. The summed E-state index contributed by atoms with van der Waals surface area (Å²) in [6.45, 7) is -0.0740. The number of carbonyl (C=O) groups is 2. The predicted octanol–water partition coefficient (Wildman–Crippen LogP) is 2.60. The molecule has 0 bridgehead atoms. The number of methoxy groups -OCH3 is 1. The van der Waals surface area contributed by atoms with E-state index in [9.17, 15) is 14.0 Å². The lowest BCUT2D eigenvalue weighted by Crippen LogP contribution is -2.32. The van der Waals surface area contributed by atoms with Crippen LogP contribution in [0.4, 0.5) is 4.39 Å². The third kappa shape index (κ3) is 4.79. The maximum Gasteiger partial charge on any atom is 0.252 e. The lowest BCUT2D eigenvalue weighted by molar-refractivity contribution is 0.0912. The van der Waals surface area contributed by atoms with Crippen molar-refractivity contribution < 1.29 is 18.7 Å². The number of rotatable bonds is 9. The molecule has 2 amide bonds. The van der Waals surface area contributed by atoms with E-state index in [0.29, 0.717) is 54.1 Å². The monoisotopic (exact) mass is 452 g/mol. The smallest absolute Gasteiger partial charge is 0.252 e. The van der Waals surface area contributed by atoms with Gasteiger partial charge in [0.15, 0.2) is 0 Å². The third-order valence-electron chi connectivity index (χ3n) is 5.55. The SMILES string of the molecule is COc1ccc2[nH]c([C@H](CCCNC(=N)CF)NC(=O)c3cccc4c3C(=O)NC4)nc2c1. The maximum absolute atomic E-state index is 13.2. The minimum absolute atomic E-state index is 0.183. The predicted molar refractivity (Wildman–Crippen MR) is 121 cm³/mol. The number of ether oxygens (including phenoxy) is 1. The number of carbonyl (C=O) groups excluding carboxylic acids is 2. The van der Waals surface area contributed by atoms with Crippen LogP contribution in [0.5, 0.6) is 5.75 Å². The number of halogens is 1. The van der Waals surface area contributed by atoms with Gasteiger partial charge in [-0.15, -0.1) is 0 Å². The van der Waals surface area contributed by atoms with Crippen molar-refractivity contribution in [3.8, 4) is 5.75 Å². The molecule has 5 N–H and O–H groups in total. The first-order chi connectivity index (χ1) is 16.0. The normalized spacial score (nSPS) is 13.3. The van der Waals surface area contributed by atoms with Gasteiger partial charge in [-0.25, -0.2) is 9.37 Å². The number of imidazole rings is 1. The Kier molecular flexibility index (Phi) is 6.53. The molecular weight excluding hydrogens is 427 g/mol. The second-order valence-electron chi connectivity index (χ2n) is 7.73. The molecule has 2 aromatic carbocycles. The fourth-order valence-corrected chi connectivity index (χ4v) is 3.87. The van der Waals surface area contributed by atoms with Crippen LogP contribution in [0.1, 0.15) is 51.0 Å². The van der Waals surface area contributed by atoms with Gasteiger partial charge in [0.05, 0.1) is 35.3 Å². The van der Waals surface area contributed by atoms with Crippen molar-refractivity contribution in [2.24, 2.45) is 0 Å². The van der Waals surface area contributed by atoms with Crippen LogP contribution in [-0.2, 0) is 6.54 Å². The Morgan fingerprint density at radius 1 is 1.33 bits per heavy atom. The Bertz CT molecular complexity index is 1210. The second kappa shape index (κ2) is 9.68. The average Bonchev–Trinajstić information content (AvgIpc) is 3.43. The summed E-state index contributed by atoms with van der Waals surface area (Å²) in [5.41, 5.74) is 2.97. The van der Waals surface area contributed by atoms with Gasteiger partial charge in [-0.1, -0.05) is 12.1 Å². The summed E-state index contributed by atoms with van der Waals surface area (Å²) >= 11 is 0. The molecule has 33 heavy (non-hydrogen) atoms. The molecule has 1 atom stereocenters. The fourth-order valence-electron chi connectivity index (χ4n) is 3.87. The van der Waals surface area contributed by atoms with Crippen molar-refractivity contribution in [2.75, 3.05) is 20.3 Å². The Labute approximate surface area is 189 Å². The number of H-pyrrole nitrogens is 1. The van der Waals surface area contributed by atoms with Gasteiger partial charge in [0, 0.05) is 19.2 Å². The summed E-state index contributed by atoms with van der Waals surface area (Å²) < 4.78 is 17.8. The van der Waals surface area contributed by atoms with Crippen molar-refractivity contribution in [3.05, 3.63) is 58.9 Å². The van der Waals surface area contributed by atoms with E-state index in [4.69, 9.17) is 10.1 Å². The topological polar surface area (TPSA) is 132 Å². The molecule has 0 aliphatic carbocycles. The first kappa shape index (κ1) is 22.3. The standard InChI is InChI=1S/C23H25FN6O3/c1-33-14-7-8-16-18(10-14)29-21(28-16)17(6-3-9-26-19(25)11-24)30-22(31)15-5-2-4-13-12-27-23(32)20(13)15/h2,4-5,7-8,10,17H,3,6,9,11-12H2,1H3,(H2,25,26)(H,27,32)(H,28,29)(H,30,31)/t17-/m0/s1. The summed E-state index contributed by atoms with van der Waals surface area (Å²) in [7, 11) is 1.58. The number of nitrogens with one attached hydrogen (secondary N) is 5. The number of hydrogen-bond acceptors (Lipinski definition) is 5. The van der Waals surface area contributed by atoms with Gasteiger partial charge in [0.25, 0.3) is 11.8 Å². The van der Waals surface area contributed by atoms with Gasteiger partial charge >= 0.3 is 0 Å². The molecule has 0 fully saturated rings. The molecule has 1 aliphatic rings. The van der Waals surface area contributed by atoms with Crippen LogP contribution < -0.4 is 20.7 Å². The minimum atomic E-state index is -0.854. The van der Waals surface area contributed by atoms with Crippen molar-refractivity contribution in [1.29, 1.82) is 5.41 Å². The van der Waals surface area contributed by atoms with Crippen LogP contribution in [0, 0.1) is 5.41 Å². The van der Waals surface area contributed by atoms with E-state index in [1.807, 2.05) is 18.2 Å². The summed E-state index contributed by atoms with van der Waals surface area (Å²) in [6, 6.07) is 10.2. The Balaban J connectivity index is 1.58. The molecule has 0 spiro atoms. The van der Waals surface area contributed by atoms with Crippen LogP contribution in [0.2, 0.25) is 0 Å². The molecule has 0 radical (unpaired) electrons. The number of alkyl halides is 1. The number of aromatic amines is 1. The van der Waals surface area contributed by atoms with Gasteiger partial charge in [0.1, 0.15) is 24.1 Å². The number of nitrogens with zero attached hydrogens (tertiary/aromatic N) is 1. The lowest BCUT2D eigenvalue weighted by atomic mass is 10.0. The van der Waals surface area contributed by atoms with E-state index in [1.54, 1.807) is 25.3 Å². The first-order valence-electron chi connectivity index (χ1n) is 10.6. The number of fused-ring (bicyclic) bond motifs is 2. The van der Waals surface area contributed by atoms with Gasteiger partial charge in [-0.2, -0.15) is 0 Å².